The SMILES string of the molecule is Fc1cccc(Oc2ccc3[nH]nc(-c4nc5ccc([N+]6(C7CCNCC7)CCCCC6)cc5[nH]4)c3c2)c1. The molecule has 2 saturated heterocycles. The van der Waals surface area contributed by atoms with Crippen molar-refractivity contribution in [2.24, 2.45) is 0 Å². The monoisotopic (exact) mass is 511 g/mol. The zero-order valence-corrected chi connectivity index (χ0v) is 21.3. The predicted molar refractivity (Wildman–Crippen MR) is 149 cm³/mol. The zero-order chi connectivity index (χ0) is 25.5. The Hall–Kier alpha value is -3.75. The fourth-order valence-corrected chi connectivity index (χ4v) is 6.50. The van der Waals surface area contributed by atoms with Gasteiger partial charge in [-0.15, -0.1) is 0 Å². The van der Waals surface area contributed by atoms with Gasteiger partial charge in [0.25, 0.3) is 0 Å². The second-order valence-electron chi connectivity index (χ2n) is 10.6. The summed E-state index contributed by atoms with van der Waals surface area (Å²) >= 11 is 0. The van der Waals surface area contributed by atoms with Crippen LogP contribution in [0.15, 0.2) is 60.7 Å². The molecular weight excluding hydrogens is 479 g/mol. The molecule has 3 N–H and O–H groups in total. The fraction of sp³-hybridized carbons (Fsp3) is 0.333. The molecule has 0 amide bonds. The number of aromatic nitrogens is 4. The van der Waals surface area contributed by atoms with E-state index in [2.05, 4.69) is 38.7 Å². The van der Waals surface area contributed by atoms with Crippen molar-refractivity contribution in [2.45, 2.75) is 38.1 Å². The highest BCUT2D eigenvalue weighted by Crippen LogP contribution is 2.37. The molecule has 8 heteroatoms. The van der Waals surface area contributed by atoms with Gasteiger partial charge >= 0.3 is 0 Å². The van der Waals surface area contributed by atoms with Crippen LogP contribution in [0.4, 0.5) is 10.1 Å². The summed E-state index contributed by atoms with van der Waals surface area (Å²) in [5.41, 5.74) is 5.00. The molecule has 0 aliphatic carbocycles. The number of halogens is 1. The van der Waals surface area contributed by atoms with E-state index in [-0.39, 0.29) is 5.82 Å². The van der Waals surface area contributed by atoms with Crippen LogP contribution in [0.1, 0.15) is 32.1 Å². The Morgan fingerprint density at radius 2 is 1.71 bits per heavy atom. The lowest BCUT2D eigenvalue weighted by atomic mass is 9.95. The van der Waals surface area contributed by atoms with Crippen LogP contribution in [0.2, 0.25) is 0 Å². The quantitative estimate of drug-likeness (QED) is 0.243. The van der Waals surface area contributed by atoms with E-state index in [9.17, 15) is 4.39 Å². The second kappa shape index (κ2) is 9.53. The van der Waals surface area contributed by atoms with Crippen LogP contribution >= 0.6 is 0 Å². The fourth-order valence-electron chi connectivity index (χ4n) is 6.50. The maximum Gasteiger partial charge on any atom is 0.159 e. The molecule has 0 atom stereocenters. The number of rotatable bonds is 5. The maximum atomic E-state index is 13.6. The van der Waals surface area contributed by atoms with Crippen molar-refractivity contribution in [1.82, 2.24) is 30.0 Å². The lowest BCUT2D eigenvalue weighted by Gasteiger charge is -2.48. The average Bonchev–Trinajstić information content (AvgIpc) is 3.57. The molecule has 2 aliphatic heterocycles. The molecule has 38 heavy (non-hydrogen) atoms. The number of likely N-dealkylation sites (tertiary alicyclic amines) is 1. The highest BCUT2D eigenvalue weighted by atomic mass is 19.1. The van der Waals surface area contributed by atoms with Crippen molar-refractivity contribution < 1.29 is 9.13 Å². The van der Waals surface area contributed by atoms with E-state index in [1.807, 2.05) is 18.2 Å². The first kappa shape index (κ1) is 23.4. The molecule has 0 saturated carbocycles. The normalized spacial score (nSPS) is 18.2. The summed E-state index contributed by atoms with van der Waals surface area (Å²) in [6.07, 6.45) is 6.36. The molecule has 5 aromatic rings. The van der Waals surface area contributed by atoms with Crippen molar-refractivity contribution in [3.63, 3.8) is 0 Å². The summed E-state index contributed by atoms with van der Waals surface area (Å²) in [6.45, 7) is 4.65. The molecule has 2 aromatic heterocycles. The number of quaternary nitrogens is 1. The lowest BCUT2D eigenvalue weighted by Crippen LogP contribution is -2.62. The standard InChI is InChI=1S/C30H32FN6O/c31-20-5-4-6-23(17-20)38-24-8-10-26-25(19-24)29(36-35-26)30-33-27-9-7-22(18-28(27)34-30)37(15-2-1-3-16-37)21-11-13-32-14-12-21/h4-10,17-19,21,32H,1-3,11-16H2,(H,33,34)(H,35,36)/q+1. The van der Waals surface area contributed by atoms with Gasteiger partial charge in [0, 0.05) is 49.5 Å². The number of hydrogen-bond acceptors (Lipinski definition) is 4. The van der Waals surface area contributed by atoms with Crippen molar-refractivity contribution in [2.75, 3.05) is 26.2 Å². The van der Waals surface area contributed by atoms with Crippen LogP contribution in [-0.4, -0.2) is 52.4 Å². The van der Waals surface area contributed by atoms with Gasteiger partial charge in [-0.1, -0.05) is 6.07 Å². The smallest absolute Gasteiger partial charge is 0.159 e. The second-order valence-corrected chi connectivity index (χ2v) is 10.6. The Labute approximate surface area is 220 Å². The molecule has 0 bridgehead atoms. The van der Waals surface area contributed by atoms with Gasteiger partial charge in [0.15, 0.2) is 5.82 Å². The van der Waals surface area contributed by atoms with E-state index in [1.54, 1.807) is 12.1 Å². The summed E-state index contributed by atoms with van der Waals surface area (Å²) in [7, 11) is 0. The number of piperidine rings is 2. The van der Waals surface area contributed by atoms with Gasteiger partial charge in [0.1, 0.15) is 28.7 Å². The number of fused-ring (bicyclic) bond motifs is 2. The van der Waals surface area contributed by atoms with Crippen LogP contribution in [0, 0.1) is 5.82 Å². The Balaban J connectivity index is 1.24. The number of nitrogens with zero attached hydrogens (tertiary/aromatic N) is 3. The summed E-state index contributed by atoms with van der Waals surface area (Å²) < 4.78 is 20.6. The zero-order valence-electron chi connectivity index (χ0n) is 21.3. The first-order valence-corrected chi connectivity index (χ1v) is 13.7. The number of ether oxygens (including phenoxy) is 1. The third-order valence-electron chi connectivity index (χ3n) is 8.39. The summed E-state index contributed by atoms with van der Waals surface area (Å²) in [5.74, 6) is 1.46. The van der Waals surface area contributed by atoms with Crippen molar-refractivity contribution in [1.29, 1.82) is 0 Å². The third kappa shape index (κ3) is 4.14. The minimum Gasteiger partial charge on any atom is -0.457 e. The average molecular weight is 512 g/mol. The van der Waals surface area contributed by atoms with Crippen molar-refractivity contribution in [3.05, 3.63) is 66.5 Å². The number of imidazole rings is 1. The molecule has 0 radical (unpaired) electrons. The Morgan fingerprint density at radius 1 is 0.868 bits per heavy atom. The molecule has 0 unspecified atom stereocenters. The Kier molecular flexibility index (Phi) is 5.86. The van der Waals surface area contributed by atoms with Gasteiger partial charge in [-0.2, -0.15) is 5.10 Å². The molecule has 7 rings (SSSR count). The van der Waals surface area contributed by atoms with Crippen LogP contribution in [-0.2, 0) is 0 Å². The predicted octanol–water partition coefficient (Wildman–Crippen LogP) is 6.28. The van der Waals surface area contributed by atoms with E-state index in [0.717, 1.165) is 51.0 Å². The molecule has 0 spiro atoms. The van der Waals surface area contributed by atoms with Gasteiger partial charge < -0.3 is 15.0 Å². The van der Waals surface area contributed by atoms with Crippen LogP contribution in [0.5, 0.6) is 11.5 Å². The molecule has 3 aromatic carbocycles. The van der Waals surface area contributed by atoms with E-state index in [4.69, 9.17) is 9.72 Å². The van der Waals surface area contributed by atoms with Gasteiger partial charge in [0.2, 0.25) is 0 Å². The number of aromatic amines is 2. The van der Waals surface area contributed by atoms with Gasteiger partial charge in [0.05, 0.1) is 35.7 Å². The van der Waals surface area contributed by atoms with E-state index < -0.39 is 0 Å². The third-order valence-corrected chi connectivity index (χ3v) is 8.39. The molecule has 2 fully saturated rings. The van der Waals surface area contributed by atoms with Gasteiger partial charge in [-0.05, 0) is 55.7 Å². The number of benzene rings is 3. The summed E-state index contributed by atoms with van der Waals surface area (Å²) in [6, 6.07) is 19.3. The van der Waals surface area contributed by atoms with Gasteiger partial charge in [-0.3, -0.25) is 9.58 Å². The van der Waals surface area contributed by atoms with Crippen LogP contribution in [0.25, 0.3) is 33.5 Å². The molecule has 7 nitrogen and oxygen atoms in total. The highest BCUT2D eigenvalue weighted by molar-refractivity contribution is 5.94. The summed E-state index contributed by atoms with van der Waals surface area (Å²) in [5, 5.41) is 12.1. The molecule has 4 heterocycles. The van der Waals surface area contributed by atoms with E-state index in [0.29, 0.717) is 17.5 Å². The largest absolute Gasteiger partial charge is 0.457 e. The molecule has 194 valence electrons. The Bertz CT molecular complexity index is 1600. The topological polar surface area (TPSA) is 78.6 Å². The first-order chi connectivity index (χ1) is 18.7. The van der Waals surface area contributed by atoms with Gasteiger partial charge in [-0.25, -0.2) is 9.37 Å². The highest BCUT2D eigenvalue weighted by Gasteiger charge is 2.41. The Morgan fingerprint density at radius 3 is 2.55 bits per heavy atom. The maximum absolute atomic E-state index is 13.6. The number of hydrogen-bond donors (Lipinski definition) is 3. The number of nitrogens with one attached hydrogen (secondary N) is 3. The minimum absolute atomic E-state index is 0.331. The van der Waals surface area contributed by atoms with Crippen LogP contribution in [0.3, 0.4) is 0 Å². The van der Waals surface area contributed by atoms with Crippen LogP contribution < -0.4 is 14.5 Å². The van der Waals surface area contributed by atoms with Crippen molar-refractivity contribution in [3.8, 4) is 23.0 Å². The van der Waals surface area contributed by atoms with Crippen molar-refractivity contribution >= 4 is 27.6 Å². The number of H-pyrrole nitrogens is 2. The van der Waals surface area contributed by atoms with E-state index >= 15 is 0 Å². The summed E-state index contributed by atoms with van der Waals surface area (Å²) in [4.78, 5) is 8.47. The molecular formula is C30H32FN6O+. The first-order valence-electron chi connectivity index (χ1n) is 13.7. The molecule has 2 aliphatic rings. The minimum atomic E-state index is -0.331. The lowest BCUT2D eigenvalue weighted by molar-refractivity contribution is 0.139. The van der Waals surface area contributed by atoms with E-state index in [1.165, 1.54) is 63.0 Å².